The zero-order valence-electron chi connectivity index (χ0n) is 10.1. The third kappa shape index (κ3) is 2.60. The van der Waals surface area contributed by atoms with Gasteiger partial charge in [-0.3, -0.25) is 4.79 Å². The number of ether oxygens (including phenoxy) is 1. The van der Waals surface area contributed by atoms with E-state index >= 15 is 0 Å². The summed E-state index contributed by atoms with van der Waals surface area (Å²) < 4.78 is 5.58. The Bertz CT molecular complexity index is 400. The molecule has 0 aromatic heterocycles. The molecule has 0 amide bonds. The molecule has 92 valence electrons. The van der Waals surface area contributed by atoms with E-state index < -0.39 is 5.97 Å². The molecule has 2 rings (SSSR count). The molecule has 1 aliphatic heterocycles. The summed E-state index contributed by atoms with van der Waals surface area (Å²) in [5, 5.41) is 9.17. The van der Waals surface area contributed by atoms with Crippen LogP contribution in [-0.2, 0) is 4.79 Å². The van der Waals surface area contributed by atoms with E-state index in [4.69, 9.17) is 4.74 Å². The molecular weight excluding hydrogens is 216 g/mol. The summed E-state index contributed by atoms with van der Waals surface area (Å²) in [4.78, 5) is 11.1. The van der Waals surface area contributed by atoms with Crippen LogP contribution in [0.1, 0.15) is 37.7 Å². The lowest BCUT2D eigenvalue weighted by Gasteiger charge is -2.15. The number of rotatable bonds is 5. The van der Waals surface area contributed by atoms with Gasteiger partial charge in [-0.05, 0) is 18.9 Å². The highest BCUT2D eigenvalue weighted by molar-refractivity contribution is 5.70. The maximum Gasteiger partial charge on any atom is 0.306 e. The second kappa shape index (κ2) is 5.21. The smallest absolute Gasteiger partial charge is 0.306 e. The molecule has 3 nitrogen and oxygen atoms in total. The molecule has 0 saturated heterocycles. The largest absolute Gasteiger partial charge is 0.493 e. The molecule has 1 heterocycles. The van der Waals surface area contributed by atoms with Crippen molar-refractivity contribution < 1.29 is 14.6 Å². The van der Waals surface area contributed by atoms with Crippen molar-refractivity contribution in [3.8, 4) is 5.75 Å². The molecule has 3 heteroatoms. The number of carbonyl (C=O) groups is 1. The summed E-state index contributed by atoms with van der Waals surface area (Å²) in [5.41, 5.74) is 1.16. The van der Waals surface area contributed by atoms with Crippen LogP contribution in [0.3, 0.4) is 0 Å². The Morgan fingerprint density at radius 3 is 3.00 bits per heavy atom. The maximum absolute atomic E-state index is 11.1. The van der Waals surface area contributed by atoms with E-state index in [1.807, 2.05) is 31.2 Å². The monoisotopic (exact) mass is 234 g/mol. The number of carboxylic acid groups (broad SMARTS) is 1. The summed E-state index contributed by atoms with van der Waals surface area (Å²) in [6.07, 6.45) is 2.33. The zero-order valence-corrected chi connectivity index (χ0v) is 10.1. The lowest BCUT2D eigenvalue weighted by Crippen LogP contribution is -2.17. The summed E-state index contributed by atoms with van der Waals surface area (Å²) >= 11 is 0. The maximum atomic E-state index is 11.1. The lowest BCUT2D eigenvalue weighted by atomic mass is 9.88. The molecule has 0 fully saturated rings. The topological polar surface area (TPSA) is 46.5 Å². The highest BCUT2D eigenvalue weighted by Crippen LogP contribution is 2.37. The summed E-state index contributed by atoms with van der Waals surface area (Å²) in [6.45, 7) is 2.64. The van der Waals surface area contributed by atoms with E-state index in [0.29, 0.717) is 13.0 Å². The van der Waals surface area contributed by atoms with Gasteiger partial charge in [-0.1, -0.05) is 31.5 Å². The molecule has 0 spiro atoms. The first kappa shape index (κ1) is 12.0. The first-order valence-electron chi connectivity index (χ1n) is 6.17. The van der Waals surface area contributed by atoms with E-state index in [1.165, 1.54) is 0 Å². The average Bonchev–Trinajstić information content (AvgIpc) is 2.72. The van der Waals surface area contributed by atoms with Crippen LogP contribution < -0.4 is 4.74 Å². The third-order valence-corrected chi connectivity index (χ3v) is 3.35. The van der Waals surface area contributed by atoms with Crippen LogP contribution in [0.5, 0.6) is 5.75 Å². The molecule has 1 N–H and O–H groups in total. The average molecular weight is 234 g/mol. The molecule has 2 atom stereocenters. The molecule has 17 heavy (non-hydrogen) atoms. The van der Waals surface area contributed by atoms with E-state index in [2.05, 4.69) is 0 Å². The molecule has 0 bridgehead atoms. The fourth-order valence-electron chi connectivity index (χ4n) is 2.46. The van der Waals surface area contributed by atoms with Gasteiger partial charge < -0.3 is 9.84 Å². The Balaban J connectivity index is 2.07. The number of fused-ring (bicyclic) bond motifs is 1. The second-order valence-corrected chi connectivity index (χ2v) is 4.61. The van der Waals surface area contributed by atoms with Crippen LogP contribution in [0.15, 0.2) is 24.3 Å². The molecular formula is C14H18O3. The Kier molecular flexibility index (Phi) is 3.67. The predicted molar refractivity (Wildman–Crippen MR) is 65.3 cm³/mol. The molecule has 1 aromatic rings. The molecule has 1 aromatic carbocycles. The normalized spacial score (nSPS) is 19.5. The number of aliphatic carboxylic acids is 1. The van der Waals surface area contributed by atoms with Crippen LogP contribution in [-0.4, -0.2) is 17.7 Å². The van der Waals surface area contributed by atoms with Crippen LogP contribution in [0.4, 0.5) is 0 Å². The number of para-hydroxylation sites is 1. The number of benzene rings is 1. The van der Waals surface area contributed by atoms with Crippen molar-refractivity contribution in [1.29, 1.82) is 0 Å². The van der Waals surface area contributed by atoms with Gasteiger partial charge in [0.25, 0.3) is 0 Å². The molecule has 1 aliphatic rings. The first-order valence-corrected chi connectivity index (χ1v) is 6.17. The van der Waals surface area contributed by atoms with E-state index in [1.54, 1.807) is 0 Å². The molecule has 2 unspecified atom stereocenters. The van der Waals surface area contributed by atoms with Crippen molar-refractivity contribution in [3.63, 3.8) is 0 Å². The minimum absolute atomic E-state index is 0.235. The predicted octanol–water partition coefficient (Wildman–Crippen LogP) is 3.05. The second-order valence-electron chi connectivity index (χ2n) is 4.61. The van der Waals surface area contributed by atoms with Crippen molar-refractivity contribution in [1.82, 2.24) is 0 Å². The minimum Gasteiger partial charge on any atom is -0.493 e. The van der Waals surface area contributed by atoms with Gasteiger partial charge in [0.1, 0.15) is 5.75 Å². The Labute approximate surface area is 101 Å². The first-order chi connectivity index (χ1) is 8.22. The molecule has 0 aliphatic carbocycles. The fraction of sp³-hybridized carbons (Fsp3) is 0.500. The Morgan fingerprint density at radius 2 is 2.29 bits per heavy atom. The number of carboxylic acids is 1. The zero-order chi connectivity index (χ0) is 12.3. The van der Waals surface area contributed by atoms with E-state index in [0.717, 1.165) is 24.2 Å². The third-order valence-electron chi connectivity index (χ3n) is 3.35. The van der Waals surface area contributed by atoms with Crippen molar-refractivity contribution in [2.45, 2.75) is 32.1 Å². The van der Waals surface area contributed by atoms with Crippen molar-refractivity contribution in [2.24, 2.45) is 5.92 Å². The van der Waals surface area contributed by atoms with Gasteiger partial charge in [-0.25, -0.2) is 0 Å². The van der Waals surface area contributed by atoms with E-state index in [-0.39, 0.29) is 11.8 Å². The molecule has 0 radical (unpaired) electrons. The van der Waals surface area contributed by atoms with Crippen LogP contribution >= 0.6 is 0 Å². The summed E-state index contributed by atoms with van der Waals surface area (Å²) in [5.74, 6) is 0.216. The highest BCUT2D eigenvalue weighted by Gasteiger charge is 2.28. The van der Waals surface area contributed by atoms with Gasteiger partial charge in [0, 0.05) is 11.5 Å². The van der Waals surface area contributed by atoms with Crippen LogP contribution in [0.25, 0.3) is 0 Å². The van der Waals surface area contributed by atoms with Crippen LogP contribution in [0.2, 0.25) is 0 Å². The van der Waals surface area contributed by atoms with Gasteiger partial charge in [0.15, 0.2) is 0 Å². The van der Waals surface area contributed by atoms with Crippen molar-refractivity contribution in [3.05, 3.63) is 29.8 Å². The Morgan fingerprint density at radius 1 is 1.53 bits per heavy atom. The minimum atomic E-state index is -0.684. The summed E-state index contributed by atoms with van der Waals surface area (Å²) in [6, 6.07) is 7.92. The van der Waals surface area contributed by atoms with Gasteiger partial charge in [0.05, 0.1) is 12.5 Å². The van der Waals surface area contributed by atoms with Gasteiger partial charge in [-0.2, -0.15) is 0 Å². The molecule has 0 saturated carbocycles. The lowest BCUT2D eigenvalue weighted by molar-refractivity contribution is -0.142. The number of hydrogen-bond acceptors (Lipinski definition) is 2. The Hall–Kier alpha value is -1.51. The van der Waals surface area contributed by atoms with E-state index in [9.17, 15) is 9.90 Å². The quantitative estimate of drug-likeness (QED) is 0.851. The van der Waals surface area contributed by atoms with Gasteiger partial charge >= 0.3 is 5.97 Å². The van der Waals surface area contributed by atoms with Gasteiger partial charge in [-0.15, -0.1) is 0 Å². The summed E-state index contributed by atoms with van der Waals surface area (Å²) in [7, 11) is 0. The van der Waals surface area contributed by atoms with Crippen LogP contribution in [0, 0.1) is 5.92 Å². The standard InChI is InChI=1S/C14H18O3/c1-2-5-10(14(15)16)8-11-9-17-13-7-4-3-6-12(11)13/h3-4,6-7,10-11H,2,5,8-9H2,1H3,(H,15,16). The van der Waals surface area contributed by atoms with Crippen molar-refractivity contribution in [2.75, 3.05) is 6.61 Å². The SMILES string of the molecule is CCCC(CC1COc2ccccc21)C(=O)O. The van der Waals surface area contributed by atoms with Gasteiger partial charge in [0.2, 0.25) is 0 Å². The fourth-order valence-corrected chi connectivity index (χ4v) is 2.46. The highest BCUT2D eigenvalue weighted by atomic mass is 16.5. The van der Waals surface area contributed by atoms with Crippen molar-refractivity contribution >= 4 is 5.97 Å². The number of hydrogen-bond donors (Lipinski definition) is 1.